The van der Waals surface area contributed by atoms with Crippen molar-refractivity contribution >= 4 is 39.0 Å². The Balaban J connectivity index is 1.71. The quantitative estimate of drug-likeness (QED) is 0.575. The Labute approximate surface area is 167 Å². The molecule has 1 amide bonds. The Morgan fingerprint density at radius 1 is 1.07 bits per heavy atom. The summed E-state index contributed by atoms with van der Waals surface area (Å²) in [5.41, 5.74) is 3.39. The van der Waals surface area contributed by atoms with Crippen molar-refractivity contribution in [1.29, 1.82) is 0 Å². The lowest BCUT2D eigenvalue weighted by Gasteiger charge is -2.14. The maximum Gasteiger partial charge on any atom is 0.349 e. The van der Waals surface area contributed by atoms with Gasteiger partial charge in [0.25, 0.3) is 5.91 Å². The van der Waals surface area contributed by atoms with Crippen molar-refractivity contribution in [2.24, 2.45) is 0 Å². The number of hydrogen-bond donors (Lipinski definition) is 1. The lowest BCUT2D eigenvalue weighted by molar-refractivity contribution is -0.119. The second-order valence-electron chi connectivity index (χ2n) is 6.45. The average Bonchev–Trinajstić information content (AvgIpc) is 3.04. The van der Waals surface area contributed by atoms with Gasteiger partial charge in [0.05, 0.1) is 0 Å². The fourth-order valence-corrected chi connectivity index (χ4v) is 4.34. The molecule has 0 saturated carbocycles. The van der Waals surface area contributed by atoms with Crippen molar-refractivity contribution in [2.45, 2.75) is 33.6 Å². The van der Waals surface area contributed by atoms with Crippen molar-refractivity contribution < 1.29 is 18.7 Å². The number of carbonyl (C=O) groups excluding carboxylic acids is 2. The monoisotopic (exact) mass is 399 g/mol. The molecule has 0 saturated heterocycles. The third-order valence-electron chi connectivity index (χ3n) is 4.69. The van der Waals surface area contributed by atoms with Crippen molar-refractivity contribution in [1.82, 2.24) is 0 Å². The molecule has 0 radical (unpaired) electrons. The van der Waals surface area contributed by atoms with Crippen LogP contribution in [0.2, 0.25) is 0 Å². The van der Waals surface area contributed by atoms with Crippen LogP contribution in [-0.4, -0.2) is 18.5 Å². The van der Waals surface area contributed by atoms with Crippen LogP contribution in [-0.2, 0) is 22.4 Å². The number of hydrogen-bond acceptors (Lipinski definition) is 4. The molecule has 4 nitrogen and oxygen atoms in total. The number of benzene rings is 2. The lowest BCUT2D eigenvalue weighted by Crippen LogP contribution is -2.22. The zero-order valence-corrected chi connectivity index (χ0v) is 16.9. The number of ether oxygens (including phenoxy) is 1. The molecule has 6 heteroatoms. The van der Waals surface area contributed by atoms with Gasteiger partial charge in [-0.15, -0.1) is 11.3 Å². The van der Waals surface area contributed by atoms with Gasteiger partial charge in [-0.1, -0.05) is 38.1 Å². The van der Waals surface area contributed by atoms with Crippen LogP contribution < -0.4 is 5.32 Å². The molecular formula is C22H22FNO3S. The van der Waals surface area contributed by atoms with E-state index in [0.29, 0.717) is 20.5 Å². The summed E-state index contributed by atoms with van der Waals surface area (Å²) in [6, 6.07) is 10.6. The first kappa shape index (κ1) is 20.0. The molecule has 1 heterocycles. The van der Waals surface area contributed by atoms with Crippen LogP contribution >= 0.6 is 11.3 Å². The standard InChI is InChI=1S/C22H22FNO3S/c1-4-14-8-6-9-15(5-2)20(14)24-18(25)12-27-22(26)21-13(3)19-16(23)10-7-11-17(19)28-21/h6-11H,4-5,12H2,1-3H3,(H,24,25). The van der Waals surface area contributed by atoms with Crippen molar-refractivity contribution in [3.05, 3.63) is 63.8 Å². The predicted molar refractivity (Wildman–Crippen MR) is 111 cm³/mol. The Morgan fingerprint density at radius 2 is 1.71 bits per heavy atom. The SMILES string of the molecule is CCc1cccc(CC)c1NC(=O)COC(=O)c1sc2cccc(F)c2c1C. The lowest BCUT2D eigenvalue weighted by atomic mass is 10.0. The molecule has 28 heavy (non-hydrogen) atoms. The maximum absolute atomic E-state index is 14.0. The normalized spacial score (nSPS) is 10.9. The number of fused-ring (bicyclic) bond motifs is 1. The van der Waals surface area contributed by atoms with Gasteiger partial charge in [-0.3, -0.25) is 4.79 Å². The van der Waals surface area contributed by atoms with E-state index >= 15 is 0 Å². The minimum atomic E-state index is -0.618. The van der Waals surface area contributed by atoms with Crippen LogP contribution in [0.25, 0.3) is 10.1 Å². The number of aryl methyl sites for hydroxylation is 3. The van der Waals surface area contributed by atoms with Crippen LogP contribution in [0.4, 0.5) is 10.1 Å². The Bertz CT molecular complexity index is 1020. The molecule has 2 aromatic carbocycles. The number of rotatable bonds is 6. The van der Waals surface area contributed by atoms with E-state index in [2.05, 4.69) is 5.32 Å². The number of nitrogens with one attached hydrogen (secondary N) is 1. The van der Waals surface area contributed by atoms with Gasteiger partial charge in [0.2, 0.25) is 0 Å². The van der Waals surface area contributed by atoms with Gasteiger partial charge in [-0.25, -0.2) is 9.18 Å². The summed E-state index contributed by atoms with van der Waals surface area (Å²) in [5, 5.41) is 3.29. The summed E-state index contributed by atoms with van der Waals surface area (Å²) in [6.45, 7) is 5.33. The van der Waals surface area contributed by atoms with Gasteiger partial charge < -0.3 is 10.1 Å². The van der Waals surface area contributed by atoms with Crippen molar-refractivity contribution in [2.75, 3.05) is 11.9 Å². The molecule has 1 N–H and O–H groups in total. The van der Waals surface area contributed by atoms with E-state index in [1.807, 2.05) is 32.0 Å². The summed E-state index contributed by atoms with van der Waals surface area (Å²) in [5.74, 6) is -1.38. The second-order valence-corrected chi connectivity index (χ2v) is 7.50. The van der Waals surface area contributed by atoms with Gasteiger partial charge >= 0.3 is 5.97 Å². The van der Waals surface area contributed by atoms with E-state index in [9.17, 15) is 14.0 Å². The first-order valence-corrected chi connectivity index (χ1v) is 10.0. The molecule has 146 valence electrons. The molecular weight excluding hydrogens is 377 g/mol. The molecule has 0 aliphatic carbocycles. The second kappa shape index (κ2) is 8.52. The van der Waals surface area contributed by atoms with Crippen molar-refractivity contribution in [3.63, 3.8) is 0 Å². The van der Waals surface area contributed by atoms with Gasteiger partial charge in [0, 0.05) is 15.8 Å². The van der Waals surface area contributed by atoms with E-state index in [0.717, 1.165) is 29.7 Å². The molecule has 0 fully saturated rings. The van der Waals surface area contributed by atoms with Gasteiger partial charge in [0.15, 0.2) is 6.61 Å². The zero-order valence-electron chi connectivity index (χ0n) is 16.1. The minimum Gasteiger partial charge on any atom is -0.451 e. The van der Waals surface area contributed by atoms with Crippen LogP contribution in [0.5, 0.6) is 0 Å². The molecule has 0 atom stereocenters. The van der Waals surface area contributed by atoms with E-state index in [4.69, 9.17) is 4.74 Å². The van der Waals surface area contributed by atoms with Gasteiger partial charge in [-0.2, -0.15) is 0 Å². The number of thiophene rings is 1. The van der Waals surface area contributed by atoms with Gasteiger partial charge in [0.1, 0.15) is 10.7 Å². The van der Waals surface area contributed by atoms with Crippen LogP contribution in [0.1, 0.15) is 40.2 Å². The molecule has 0 aliphatic heterocycles. The van der Waals surface area contributed by atoms with Crippen LogP contribution in [0.3, 0.4) is 0 Å². The largest absolute Gasteiger partial charge is 0.451 e. The number of amides is 1. The summed E-state index contributed by atoms with van der Waals surface area (Å²) in [6.07, 6.45) is 1.57. The third kappa shape index (κ3) is 3.92. The third-order valence-corrected chi connectivity index (χ3v) is 5.92. The summed E-state index contributed by atoms with van der Waals surface area (Å²) >= 11 is 1.17. The number of carbonyl (C=O) groups is 2. The topological polar surface area (TPSA) is 55.4 Å². The Hall–Kier alpha value is -2.73. The number of esters is 1. The molecule has 0 unspecified atom stereocenters. The molecule has 0 spiro atoms. The van der Waals surface area contributed by atoms with E-state index in [-0.39, 0.29) is 5.82 Å². The number of anilines is 1. The van der Waals surface area contributed by atoms with Crippen LogP contribution in [0.15, 0.2) is 36.4 Å². The average molecular weight is 399 g/mol. The molecule has 0 aliphatic rings. The maximum atomic E-state index is 14.0. The van der Waals surface area contributed by atoms with E-state index < -0.39 is 18.5 Å². The zero-order chi connectivity index (χ0) is 20.3. The smallest absolute Gasteiger partial charge is 0.349 e. The first-order valence-electron chi connectivity index (χ1n) is 9.21. The molecule has 0 bridgehead atoms. The highest BCUT2D eigenvalue weighted by Crippen LogP contribution is 2.33. The molecule has 1 aromatic heterocycles. The van der Waals surface area contributed by atoms with Crippen molar-refractivity contribution in [3.8, 4) is 0 Å². The first-order chi connectivity index (χ1) is 13.5. The number of halogens is 1. The predicted octanol–water partition coefficient (Wildman–Crippen LogP) is 5.27. The fourth-order valence-electron chi connectivity index (χ4n) is 3.22. The Kier molecular flexibility index (Phi) is 6.09. The fraction of sp³-hybridized carbons (Fsp3) is 0.273. The highest BCUT2D eigenvalue weighted by Gasteiger charge is 2.20. The summed E-state index contributed by atoms with van der Waals surface area (Å²) < 4.78 is 19.9. The summed E-state index contributed by atoms with van der Waals surface area (Å²) in [4.78, 5) is 25.1. The Morgan fingerprint density at radius 3 is 2.32 bits per heavy atom. The van der Waals surface area contributed by atoms with E-state index in [1.165, 1.54) is 17.4 Å². The van der Waals surface area contributed by atoms with E-state index in [1.54, 1.807) is 19.1 Å². The van der Waals surface area contributed by atoms with Crippen LogP contribution in [0, 0.1) is 12.7 Å². The molecule has 3 rings (SSSR count). The number of para-hydroxylation sites is 1. The minimum absolute atomic E-state index is 0.316. The van der Waals surface area contributed by atoms with Gasteiger partial charge in [-0.05, 0) is 48.6 Å². The highest BCUT2D eigenvalue weighted by atomic mass is 32.1. The summed E-state index contributed by atoms with van der Waals surface area (Å²) in [7, 11) is 0. The highest BCUT2D eigenvalue weighted by molar-refractivity contribution is 7.21. The molecule has 3 aromatic rings.